The van der Waals surface area contributed by atoms with E-state index in [0.717, 1.165) is 0 Å². The van der Waals surface area contributed by atoms with Crippen molar-refractivity contribution < 1.29 is 9.84 Å². The summed E-state index contributed by atoms with van der Waals surface area (Å²) >= 11 is 11.6. The number of aromatic hydroxyl groups is 1. The Balaban J connectivity index is 2.31. The highest BCUT2D eigenvalue weighted by Crippen LogP contribution is 2.36. The van der Waals surface area contributed by atoms with Gasteiger partial charge in [0, 0.05) is 5.02 Å². The first-order valence-corrected chi connectivity index (χ1v) is 5.33. The van der Waals surface area contributed by atoms with Gasteiger partial charge < -0.3 is 9.84 Å². The standard InChI is InChI=1S/C12H8Cl2O2/c13-8-3-1-4-9(7-8)16-11-6-2-5-10(14)12(11)15/h1-7,15H. The molecule has 0 bridgehead atoms. The zero-order valence-corrected chi connectivity index (χ0v) is 9.66. The predicted molar refractivity (Wildman–Crippen MR) is 64.6 cm³/mol. The molecule has 2 aromatic rings. The molecule has 0 spiro atoms. The number of phenols is 1. The summed E-state index contributed by atoms with van der Waals surface area (Å²) in [5, 5.41) is 10.5. The molecule has 0 amide bonds. The highest BCUT2D eigenvalue weighted by atomic mass is 35.5. The molecule has 0 atom stereocenters. The molecule has 2 nitrogen and oxygen atoms in total. The lowest BCUT2D eigenvalue weighted by molar-refractivity contribution is 0.411. The monoisotopic (exact) mass is 254 g/mol. The molecule has 0 fully saturated rings. The summed E-state index contributed by atoms with van der Waals surface area (Å²) in [4.78, 5) is 0. The Kier molecular flexibility index (Phi) is 3.22. The molecule has 82 valence electrons. The summed E-state index contributed by atoms with van der Waals surface area (Å²) in [6.07, 6.45) is 0. The third-order valence-electron chi connectivity index (χ3n) is 1.97. The van der Waals surface area contributed by atoms with Crippen LogP contribution in [-0.2, 0) is 0 Å². The van der Waals surface area contributed by atoms with Gasteiger partial charge in [0.2, 0.25) is 0 Å². The van der Waals surface area contributed by atoms with Crippen molar-refractivity contribution in [3.63, 3.8) is 0 Å². The Bertz CT molecular complexity index is 512. The first-order valence-electron chi connectivity index (χ1n) is 4.58. The van der Waals surface area contributed by atoms with E-state index >= 15 is 0 Å². The number of halogens is 2. The molecule has 0 aromatic heterocycles. The van der Waals surface area contributed by atoms with Crippen molar-refractivity contribution >= 4 is 23.2 Å². The SMILES string of the molecule is Oc1c(Cl)cccc1Oc1cccc(Cl)c1. The number of phenolic OH excluding ortho intramolecular Hbond substituents is 1. The molecular formula is C12H8Cl2O2. The molecule has 0 radical (unpaired) electrons. The van der Waals surface area contributed by atoms with Crippen molar-refractivity contribution in [3.05, 3.63) is 52.5 Å². The Labute approximate surface area is 103 Å². The maximum Gasteiger partial charge on any atom is 0.177 e. The van der Waals surface area contributed by atoms with Crippen molar-refractivity contribution in [2.45, 2.75) is 0 Å². The fourth-order valence-electron chi connectivity index (χ4n) is 1.24. The predicted octanol–water partition coefficient (Wildman–Crippen LogP) is 4.49. The average molecular weight is 255 g/mol. The van der Waals surface area contributed by atoms with Crippen molar-refractivity contribution in [3.8, 4) is 17.2 Å². The largest absolute Gasteiger partial charge is 0.503 e. The van der Waals surface area contributed by atoms with Gasteiger partial charge in [0.1, 0.15) is 5.75 Å². The number of para-hydroxylation sites is 1. The summed E-state index contributed by atoms with van der Waals surface area (Å²) in [7, 11) is 0. The van der Waals surface area contributed by atoms with Gasteiger partial charge in [0.05, 0.1) is 5.02 Å². The highest BCUT2D eigenvalue weighted by Gasteiger charge is 2.07. The molecule has 0 heterocycles. The summed E-state index contributed by atoms with van der Waals surface area (Å²) < 4.78 is 5.45. The summed E-state index contributed by atoms with van der Waals surface area (Å²) in [6, 6.07) is 11.8. The minimum absolute atomic E-state index is 0.0795. The molecule has 4 heteroatoms. The van der Waals surface area contributed by atoms with Crippen LogP contribution in [0.2, 0.25) is 10.0 Å². The number of benzene rings is 2. The average Bonchev–Trinajstić information content (AvgIpc) is 2.25. The molecule has 0 aliphatic carbocycles. The van der Waals surface area contributed by atoms with Gasteiger partial charge in [-0.3, -0.25) is 0 Å². The third-order valence-corrected chi connectivity index (χ3v) is 2.51. The second-order valence-corrected chi connectivity index (χ2v) is 3.99. The topological polar surface area (TPSA) is 29.5 Å². The summed E-state index contributed by atoms with van der Waals surface area (Å²) in [5.74, 6) is 0.768. The van der Waals surface area contributed by atoms with E-state index in [1.54, 1.807) is 42.5 Å². The van der Waals surface area contributed by atoms with E-state index in [2.05, 4.69) is 0 Å². The van der Waals surface area contributed by atoms with Crippen LogP contribution in [0, 0.1) is 0 Å². The van der Waals surface area contributed by atoms with Gasteiger partial charge in [0.15, 0.2) is 11.5 Å². The lowest BCUT2D eigenvalue weighted by atomic mass is 10.3. The van der Waals surface area contributed by atoms with E-state index in [0.29, 0.717) is 16.5 Å². The number of hydrogen-bond acceptors (Lipinski definition) is 2. The van der Waals surface area contributed by atoms with Gasteiger partial charge in [0.25, 0.3) is 0 Å². The van der Waals surface area contributed by atoms with Gasteiger partial charge in [-0.25, -0.2) is 0 Å². The molecule has 2 aromatic carbocycles. The number of ether oxygens (including phenoxy) is 1. The van der Waals surface area contributed by atoms with E-state index in [1.807, 2.05) is 0 Å². The lowest BCUT2D eigenvalue weighted by Gasteiger charge is -2.08. The Hall–Kier alpha value is -1.38. The second kappa shape index (κ2) is 4.64. The zero-order chi connectivity index (χ0) is 11.5. The molecule has 0 unspecified atom stereocenters. The first kappa shape index (κ1) is 11.1. The van der Waals surface area contributed by atoms with Crippen molar-refractivity contribution in [2.75, 3.05) is 0 Å². The Morgan fingerprint density at radius 2 is 1.75 bits per heavy atom. The maximum atomic E-state index is 9.64. The van der Waals surface area contributed by atoms with Crippen LogP contribution in [0.25, 0.3) is 0 Å². The normalized spacial score (nSPS) is 10.1. The van der Waals surface area contributed by atoms with Crippen LogP contribution >= 0.6 is 23.2 Å². The molecule has 1 N–H and O–H groups in total. The lowest BCUT2D eigenvalue weighted by Crippen LogP contribution is -1.84. The van der Waals surface area contributed by atoms with Crippen molar-refractivity contribution in [2.24, 2.45) is 0 Å². The van der Waals surface area contributed by atoms with Gasteiger partial charge in [-0.1, -0.05) is 35.3 Å². The van der Waals surface area contributed by atoms with Crippen LogP contribution in [0.4, 0.5) is 0 Å². The fraction of sp³-hybridized carbons (Fsp3) is 0. The van der Waals surface area contributed by atoms with E-state index in [9.17, 15) is 5.11 Å². The highest BCUT2D eigenvalue weighted by molar-refractivity contribution is 6.32. The van der Waals surface area contributed by atoms with Gasteiger partial charge >= 0.3 is 0 Å². The second-order valence-electron chi connectivity index (χ2n) is 3.15. The van der Waals surface area contributed by atoms with Crippen LogP contribution in [0.3, 0.4) is 0 Å². The van der Waals surface area contributed by atoms with E-state index < -0.39 is 0 Å². The third kappa shape index (κ3) is 2.40. The molecule has 16 heavy (non-hydrogen) atoms. The number of rotatable bonds is 2. The molecular weight excluding hydrogens is 247 g/mol. The van der Waals surface area contributed by atoms with Crippen LogP contribution in [0.1, 0.15) is 0 Å². The van der Waals surface area contributed by atoms with Crippen LogP contribution in [0.5, 0.6) is 17.2 Å². The van der Waals surface area contributed by atoms with Crippen molar-refractivity contribution in [1.82, 2.24) is 0 Å². The fourth-order valence-corrected chi connectivity index (χ4v) is 1.58. The molecule has 0 saturated heterocycles. The van der Waals surface area contributed by atoms with Crippen LogP contribution in [0.15, 0.2) is 42.5 Å². The van der Waals surface area contributed by atoms with E-state index in [-0.39, 0.29) is 10.8 Å². The Morgan fingerprint density at radius 3 is 2.50 bits per heavy atom. The van der Waals surface area contributed by atoms with Gasteiger partial charge in [-0.05, 0) is 30.3 Å². The molecule has 2 rings (SSSR count). The smallest absolute Gasteiger partial charge is 0.177 e. The molecule has 0 saturated carbocycles. The first-order chi connectivity index (χ1) is 7.66. The minimum atomic E-state index is -0.0795. The van der Waals surface area contributed by atoms with Gasteiger partial charge in [-0.2, -0.15) is 0 Å². The summed E-state index contributed by atoms with van der Waals surface area (Å²) in [5.41, 5.74) is 0. The van der Waals surface area contributed by atoms with Gasteiger partial charge in [-0.15, -0.1) is 0 Å². The Morgan fingerprint density at radius 1 is 1.00 bits per heavy atom. The summed E-state index contributed by atoms with van der Waals surface area (Å²) in [6.45, 7) is 0. The maximum absolute atomic E-state index is 9.64. The van der Waals surface area contributed by atoms with E-state index in [4.69, 9.17) is 27.9 Å². The van der Waals surface area contributed by atoms with Crippen LogP contribution < -0.4 is 4.74 Å². The van der Waals surface area contributed by atoms with Crippen LogP contribution in [-0.4, -0.2) is 5.11 Å². The van der Waals surface area contributed by atoms with E-state index in [1.165, 1.54) is 0 Å². The molecule has 0 aliphatic rings. The quantitative estimate of drug-likeness (QED) is 0.856. The minimum Gasteiger partial charge on any atom is -0.503 e. The zero-order valence-electron chi connectivity index (χ0n) is 8.15. The number of hydrogen-bond donors (Lipinski definition) is 1. The molecule has 0 aliphatic heterocycles. The van der Waals surface area contributed by atoms with Crippen molar-refractivity contribution in [1.29, 1.82) is 0 Å².